The van der Waals surface area contributed by atoms with E-state index in [0.29, 0.717) is 0 Å². The molecule has 0 radical (unpaired) electrons. The molecule has 1 unspecified atom stereocenters. The van der Waals surface area contributed by atoms with Crippen molar-refractivity contribution in [3.05, 3.63) is 22.4 Å². The largest absolute Gasteiger partial charge is 0.388 e. The van der Waals surface area contributed by atoms with Crippen molar-refractivity contribution in [1.29, 1.82) is 0 Å². The van der Waals surface area contributed by atoms with Crippen LogP contribution in [-0.4, -0.2) is 12.2 Å². The highest BCUT2D eigenvalue weighted by atomic mass is 32.1. The van der Waals surface area contributed by atoms with Gasteiger partial charge in [0.1, 0.15) is 0 Å². The summed E-state index contributed by atoms with van der Waals surface area (Å²) < 4.78 is 0. The molecule has 1 aromatic rings. The molecule has 1 rings (SSSR count). The third-order valence-corrected chi connectivity index (χ3v) is 2.23. The molecule has 0 bridgehead atoms. The maximum Gasteiger partial charge on any atom is 0.0879 e. The molecule has 0 saturated carbocycles. The molecule has 11 heavy (non-hydrogen) atoms. The van der Waals surface area contributed by atoms with E-state index in [1.807, 2.05) is 24.4 Å². The zero-order chi connectivity index (χ0) is 8.69. The molecule has 0 fully saturated rings. The predicted octanol–water partition coefficient (Wildman–Crippen LogP) is 1.77. The van der Waals surface area contributed by atoms with E-state index in [0.717, 1.165) is 11.3 Å². The van der Waals surface area contributed by atoms with Gasteiger partial charge in [-0.2, -0.15) is 0 Å². The van der Waals surface area contributed by atoms with Gasteiger partial charge in [-0.05, 0) is 24.9 Å². The summed E-state index contributed by atoms with van der Waals surface area (Å²) in [5.74, 6) is 0. The second-order valence-electron chi connectivity index (χ2n) is 1.94. The molecule has 0 aliphatic carbocycles. The molecule has 0 aliphatic heterocycles. The van der Waals surface area contributed by atoms with Crippen molar-refractivity contribution < 1.29 is 5.11 Å². The SMILES string of the molecule is CCC(O)c1cccs1.CN. The molecule has 1 heterocycles. The molecule has 64 valence electrons. The lowest BCUT2D eigenvalue weighted by atomic mass is 10.2. The van der Waals surface area contributed by atoms with E-state index in [4.69, 9.17) is 0 Å². The van der Waals surface area contributed by atoms with E-state index >= 15 is 0 Å². The number of aliphatic hydroxyl groups excluding tert-OH is 1. The van der Waals surface area contributed by atoms with Gasteiger partial charge >= 0.3 is 0 Å². The summed E-state index contributed by atoms with van der Waals surface area (Å²) in [4.78, 5) is 1.07. The van der Waals surface area contributed by atoms with E-state index in [2.05, 4.69) is 5.73 Å². The van der Waals surface area contributed by atoms with Gasteiger partial charge in [-0.15, -0.1) is 11.3 Å². The maximum absolute atomic E-state index is 9.23. The summed E-state index contributed by atoms with van der Waals surface area (Å²) in [6.45, 7) is 1.98. The second-order valence-corrected chi connectivity index (χ2v) is 2.92. The summed E-state index contributed by atoms with van der Waals surface area (Å²) in [6, 6.07) is 3.91. The first-order valence-electron chi connectivity index (χ1n) is 3.63. The van der Waals surface area contributed by atoms with Gasteiger partial charge in [0.25, 0.3) is 0 Å². The van der Waals surface area contributed by atoms with E-state index in [1.54, 1.807) is 11.3 Å². The Hall–Kier alpha value is -0.380. The van der Waals surface area contributed by atoms with Gasteiger partial charge in [0.15, 0.2) is 0 Å². The zero-order valence-electron chi connectivity index (χ0n) is 6.95. The Morgan fingerprint density at radius 2 is 2.27 bits per heavy atom. The third-order valence-electron chi connectivity index (χ3n) is 1.26. The molecule has 0 amide bonds. The van der Waals surface area contributed by atoms with Crippen LogP contribution in [0.4, 0.5) is 0 Å². The van der Waals surface area contributed by atoms with Crippen molar-refractivity contribution in [3.8, 4) is 0 Å². The summed E-state index contributed by atoms with van der Waals surface area (Å²) in [5.41, 5.74) is 4.50. The van der Waals surface area contributed by atoms with Crippen molar-refractivity contribution >= 4 is 11.3 Å². The van der Waals surface area contributed by atoms with Gasteiger partial charge in [0.05, 0.1) is 6.10 Å². The van der Waals surface area contributed by atoms with Crippen LogP contribution in [0.2, 0.25) is 0 Å². The highest BCUT2D eigenvalue weighted by molar-refractivity contribution is 7.10. The monoisotopic (exact) mass is 173 g/mol. The average Bonchev–Trinajstić information content (AvgIpc) is 2.59. The third kappa shape index (κ3) is 3.51. The molecule has 0 aliphatic rings. The fraction of sp³-hybridized carbons (Fsp3) is 0.500. The first-order chi connectivity index (χ1) is 5.34. The van der Waals surface area contributed by atoms with Crippen molar-refractivity contribution in [3.63, 3.8) is 0 Å². The van der Waals surface area contributed by atoms with Gasteiger partial charge in [-0.25, -0.2) is 0 Å². The smallest absolute Gasteiger partial charge is 0.0879 e. The van der Waals surface area contributed by atoms with E-state index in [9.17, 15) is 5.11 Å². The molecule has 2 nitrogen and oxygen atoms in total. The van der Waals surface area contributed by atoms with Crippen molar-refractivity contribution in [1.82, 2.24) is 0 Å². The van der Waals surface area contributed by atoms with Crippen LogP contribution in [0.5, 0.6) is 0 Å². The lowest BCUT2D eigenvalue weighted by Crippen LogP contribution is -1.89. The highest BCUT2D eigenvalue weighted by Gasteiger charge is 2.02. The molecule has 3 N–H and O–H groups in total. The van der Waals surface area contributed by atoms with Crippen molar-refractivity contribution in [2.24, 2.45) is 5.73 Å². The number of thiophene rings is 1. The minimum absolute atomic E-state index is 0.245. The van der Waals surface area contributed by atoms with Crippen LogP contribution >= 0.6 is 11.3 Å². The second kappa shape index (κ2) is 6.34. The van der Waals surface area contributed by atoms with Gasteiger partial charge in [0.2, 0.25) is 0 Å². The average molecular weight is 173 g/mol. The Kier molecular flexibility index (Phi) is 6.12. The Morgan fingerprint density at radius 3 is 2.64 bits per heavy atom. The molecule has 0 aromatic carbocycles. The fourth-order valence-corrected chi connectivity index (χ4v) is 1.48. The minimum Gasteiger partial charge on any atom is -0.388 e. The molecule has 1 atom stereocenters. The van der Waals surface area contributed by atoms with Gasteiger partial charge in [0, 0.05) is 4.88 Å². The van der Waals surface area contributed by atoms with Crippen LogP contribution in [0.15, 0.2) is 17.5 Å². The molecule has 1 aromatic heterocycles. The summed E-state index contributed by atoms with van der Waals surface area (Å²) in [5, 5.41) is 11.2. The van der Waals surface area contributed by atoms with Crippen LogP contribution in [0.1, 0.15) is 24.3 Å². The summed E-state index contributed by atoms with van der Waals surface area (Å²) >= 11 is 1.61. The lowest BCUT2D eigenvalue weighted by molar-refractivity contribution is 0.177. The van der Waals surface area contributed by atoms with Gasteiger partial charge in [-0.1, -0.05) is 13.0 Å². The first-order valence-corrected chi connectivity index (χ1v) is 4.51. The number of hydrogen-bond acceptors (Lipinski definition) is 3. The summed E-state index contributed by atoms with van der Waals surface area (Å²) in [6.07, 6.45) is 0.561. The molecule has 0 saturated heterocycles. The Morgan fingerprint density at radius 1 is 1.64 bits per heavy atom. The Balaban J connectivity index is 0.000000461. The molecule has 0 spiro atoms. The standard InChI is InChI=1S/C7H10OS.CH5N/c1-2-6(8)7-4-3-5-9-7;1-2/h3-6,8H,2H2,1H3;2H2,1H3. The molecular formula is C8H15NOS. The molecule has 3 heteroatoms. The zero-order valence-corrected chi connectivity index (χ0v) is 7.77. The number of aliphatic hydroxyl groups is 1. The van der Waals surface area contributed by atoms with E-state index < -0.39 is 0 Å². The van der Waals surface area contributed by atoms with Gasteiger partial charge < -0.3 is 10.8 Å². The van der Waals surface area contributed by atoms with Crippen LogP contribution in [0.3, 0.4) is 0 Å². The fourth-order valence-electron chi connectivity index (χ4n) is 0.682. The predicted molar refractivity (Wildman–Crippen MR) is 49.7 cm³/mol. The number of hydrogen-bond donors (Lipinski definition) is 2. The minimum atomic E-state index is -0.245. The topological polar surface area (TPSA) is 46.2 Å². The number of nitrogens with two attached hydrogens (primary N) is 1. The Labute approximate surface area is 71.7 Å². The quantitative estimate of drug-likeness (QED) is 0.716. The van der Waals surface area contributed by atoms with E-state index in [-0.39, 0.29) is 6.10 Å². The number of rotatable bonds is 2. The maximum atomic E-state index is 9.23. The highest BCUT2D eigenvalue weighted by Crippen LogP contribution is 2.20. The lowest BCUT2D eigenvalue weighted by Gasteiger charge is -2.01. The van der Waals surface area contributed by atoms with Crippen LogP contribution in [-0.2, 0) is 0 Å². The van der Waals surface area contributed by atoms with E-state index in [1.165, 1.54) is 7.05 Å². The van der Waals surface area contributed by atoms with Crippen LogP contribution in [0.25, 0.3) is 0 Å². The first kappa shape index (κ1) is 10.6. The normalized spacial score (nSPS) is 11.6. The van der Waals surface area contributed by atoms with Crippen LogP contribution < -0.4 is 5.73 Å². The van der Waals surface area contributed by atoms with Crippen molar-refractivity contribution in [2.75, 3.05) is 7.05 Å². The Bertz CT molecular complexity index is 163. The summed E-state index contributed by atoms with van der Waals surface area (Å²) in [7, 11) is 1.50. The van der Waals surface area contributed by atoms with Crippen LogP contribution in [0, 0.1) is 0 Å². The van der Waals surface area contributed by atoms with Crippen molar-refractivity contribution in [2.45, 2.75) is 19.4 Å². The van der Waals surface area contributed by atoms with Gasteiger partial charge in [-0.3, -0.25) is 0 Å². The molecular weight excluding hydrogens is 158 g/mol.